The summed E-state index contributed by atoms with van der Waals surface area (Å²) in [6.07, 6.45) is -3.65. The molecular formula is C16H16F2N4O2. The zero-order chi connectivity index (χ0) is 16.7. The number of halogens is 2. The van der Waals surface area contributed by atoms with Crippen molar-refractivity contribution in [2.45, 2.75) is 6.29 Å². The van der Waals surface area contributed by atoms with Crippen LogP contribution in [0.15, 0.2) is 30.3 Å². The predicted octanol–water partition coefficient (Wildman–Crippen LogP) is 2.22. The minimum absolute atomic E-state index is 0.00226. The highest BCUT2D eigenvalue weighted by Gasteiger charge is 2.44. The number of ether oxygens (including phenoxy) is 2. The van der Waals surface area contributed by atoms with Crippen molar-refractivity contribution in [1.29, 1.82) is 0 Å². The summed E-state index contributed by atoms with van der Waals surface area (Å²) in [7, 11) is 2.08. The number of hydrogen-bond acceptors (Lipinski definition) is 6. The molecule has 24 heavy (non-hydrogen) atoms. The van der Waals surface area contributed by atoms with Crippen LogP contribution in [0.3, 0.4) is 0 Å². The molecule has 0 bridgehead atoms. The first-order valence-electron chi connectivity index (χ1n) is 7.68. The predicted molar refractivity (Wildman–Crippen MR) is 83.4 cm³/mol. The molecule has 0 spiro atoms. The second-order valence-corrected chi connectivity index (χ2v) is 5.87. The van der Waals surface area contributed by atoms with Gasteiger partial charge in [0.15, 0.2) is 17.3 Å². The summed E-state index contributed by atoms with van der Waals surface area (Å²) in [6, 6.07) is 8.32. The van der Waals surface area contributed by atoms with Gasteiger partial charge >= 0.3 is 6.29 Å². The van der Waals surface area contributed by atoms with Crippen LogP contribution < -0.4 is 14.4 Å². The third-order valence-corrected chi connectivity index (χ3v) is 4.18. The van der Waals surface area contributed by atoms with Crippen LogP contribution in [0.4, 0.5) is 14.6 Å². The van der Waals surface area contributed by atoms with Gasteiger partial charge in [-0.2, -0.15) is 0 Å². The van der Waals surface area contributed by atoms with Gasteiger partial charge in [-0.3, -0.25) is 0 Å². The van der Waals surface area contributed by atoms with Gasteiger partial charge in [0.05, 0.1) is 5.69 Å². The molecule has 0 unspecified atom stereocenters. The number of para-hydroxylation sites is 1. The van der Waals surface area contributed by atoms with E-state index in [2.05, 4.69) is 36.5 Å². The van der Waals surface area contributed by atoms with Crippen molar-refractivity contribution < 1.29 is 18.3 Å². The Morgan fingerprint density at radius 1 is 1.00 bits per heavy atom. The average Bonchev–Trinajstić information content (AvgIpc) is 2.89. The van der Waals surface area contributed by atoms with Gasteiger partial charge in [0.2, 0.25) is 0 Å². The van der Waals surface area contributed by atoms with E-state index < -0.39 is 6.29 Å². The van der Waals surface area contributed by atoms with Crippen LogP contribution in [0.5, 0.6) is 11.5 Å². The SMILES string of the molecule is CN1CCN(c2ccc(-c3cccc4c3OC(F)(F)O4)nn2)CC1. The number of benzene rings is 1. The number of hydrogen-bond donors (Lipinski definition) is 0. The Balaban J connectivity index is 1.60. The third kappa shape index (κ3) is 2.73. The van der Waals surface area contributed by atoms with E-state index in [1.807, 2.05) is 6.07 Å². The van der Waals surface area contributed by atoms with Crippen molar-refractivity contribution in [3.05, 3.63) is 30.3 Å². The molecule has 1 aromatic heterocycles. The van der Waals surface area contributed by atoms with E-state index >= 15 is 0 Å². The van der Waals surface area contributed by atoms with Gasteiger partial charge in [-0.25, -0.2) is 0 Å². The molecule has 4 rings (SSSR count). The Bertz CT molecular complexity index is 746. The number of alkyl halides is 2. The molecule has 0 saturated carbocycles. The van der Waals surface area contributed by atoms with Crippen molar-refractivity contribution in [2.24, 2.45) is 0 Å². The summed E-state index contributed by atoms with van der Waals surface area (Å²) in [5, 5.41) is 8.42. The number of likely N-dealkylation sites (N-methyl/N-ethyl adjacent to an activating group) is 1. The molecule has 8 heteroatoms. The fourth-order valence-electron chi connectivity index (χ4n) is 2.84. The maximum absolute atomic E-state index is 13.3. The molecule has 0 N–H and O–H groups in total. The fourth-order valence-corrected chi connectivity index (χ4v) is 2.84. The first kappa shape index (κ1) is 15.1. The van der Waals surface area contributed by atoms with Crippen LogP contribution in [0.2, 0.25) is 0 Å². The lowest BCUT2D eigenvalue weighted by Crippen LogP contribution is -2.44. The Hall–Kier alpha value is -2.48. The zero-order valence-electron chi connectivity index (χ0n) is 13.1. The normalized spacial score (nSPS) is 19.5. The van der Waals surface area contributed by atoms with E-state index in [1.54, 1.807) is 18.2 Å². The summed E-state index contributed by atoms with van der Waals surface area (Å²) in [5.74, 6) is 0.772. The maximum atomic E-state index is 13.3. The van der Waals surface area contributed by atoms with Crippen molar-refractivity contribution in [3.63, 3.8) is 0 Å². The number of aromatic nitrogens is 2. The quantitative estimate of drug-likeness (QED) is 0.839. The Morgan fingerprint density at radius 2 is 1.79 bits per heavy atom. The van der Waals surface area contributed by atoms with Gasteiger partial charge in [-0.05, 0) is 31.3 Å². The Kier molecular flexibility index (Phi) is 3.49. The lowest BCUT2D eigenvalue weighted by molar-refractivity contribution is -0.286. The molecule has 0 amide bonds. The average molecular weight is 334 g/mol. The summed E-state index contributed by atoms with van der Waals surface area (Å²) in [5.41, 5.74) is 0.896. The molecule has 2 aliphatic heterocycles. The molecule has 3 heterocycles. The first-order valence-corrected chi connectivity index (χ1v) is 7.68. The molecule has 126 valence electrons. The highest BCUT2D eigenvalue weighted by Crippen LogP contribution is 2.46. The largest absolute Gasteiger partial charge is 0.586 e. The van der Waals surface area contributed by atoms with Crippen LogP contribution in [-0.4, -0.2) is 54.6 Å². The number of rotatable bonds is 2. The molecule has 6 nitrogen and oxygen atoms in total. The Labute approximate surface area is 137 Å². The number of anilines is 1. The minimum Gasteiger partial charge on any atom is -0.395 e. The number of nitrogens with zero attached hydrogens (tertiary/aromatic N) is 4. The molecule has 2 aliphatic rings. The summed E-state index contributed by atoms with van der Waals surface area (Å²) >= 11 is 0. The van der Waals surface area contributed by atoms with Crippen molar-refractivity contribution in [2.75, 3.05) is 38.1 Å². The van der Waals surface area contributed by atoms with Crippen molar-refractivity contribution in [3.8, 4) is 22.8 Å². The van der Waals surface area contributed by atoms with Crippen molar-refractivity contribution in [1.82, 2.24) is 15.1 Å². The Morgan fingerprint density at radius 3 is 2.50 bits per heavy atom. The lowest BCUT2D eigenvalue weighted by atomic mass is 10.1. The standard InChI is InChI=1S/C16H16F2N4O2/c1-21-7-9-22(10-8-21)14-6-5-12(19-20-14)11-3-2-4-13-15(11)24-16(17,18)23-13/h2-6H,7-10H2,1H3. The molecule has 1 fully saturated rings. The molecular weight excluding hydrogens is 318 g/mol. The topological polar surface area (TPSA) is 50.7 Å². The van der Waals surface area contributed by atoms with E-state index in [1.165, 1.54) is 6.07 Å². The maximum Gasteiger partial charge on any atom is 0.586 e. The van der Waals surface area contributed by atoms with E-state index in [0.717, 1.165) is 32.0 Å². The van der Waals surface area contributed by atoms with Crippen molar-refractivity contribution >= 4 is 5.82 Å². The van der Waals surface area contributed by atoms with E-state index in [4.69, 9.17) is 0 Å². The zero-order valence-corrected chi connectivity index (χ0v) is 13.1. The van der Waals surface area contributed by atoms with E-state index in [-0.39, 0.29) is 11.5 Å². The van der Waals surface area contributed by atoms with Crippen LogP contribution >= 0.6 is 0 Å². The van der Waals surface area contributed by atoms with E-state index in [9.17, 15) is 8.78 Å². The molecule has 2 aromatic rings. The third-order valence-electron chi connectivity index (χ3n) is 4.18. The lowest BCUT2D eigenvalue weighted by Gasteiger charge is -2.32. The number of fused-ring (bicyclic) bond motifs is 1. The summed E-state index contributed by atoms with van der Waals surface area (Å²) in [6.45, 7) is 3.70. The highest BCUT2D eigenvalue weighted by molar-refractivity contribution is 5.72. The van der Waals surface area contributed by atoms with Crippen LogP contribution in [-0.2, 0) is 0 Å². The fraction of sp³-hybridized carbons (Fsp3) is 0.375. The molecule has 0 radical (unpaired) electrons. The van der Waals surface area contributed by atoms with Gasteiger partial charge in [-0.15, -0.1) is 19.0 Å². The van der Waals surface area contributed by atoms with Gasteiger partial charge in [0.1, 0.15) is 0 Å². The van der Waals surface area contributed by atoms with E-state index in [0.29, 0.717) is 11.3 Å². The minimum atomic E-state index is -3.65. The molecule has 0 aliphatic carbocycles. The highest BCUT2D eigenvalue weighted by atomic mass is 19.3. The number of piperazine rings is 1. The molecule has 1 saturated heterocycles. The van der Waals surface area contributed by atoms with Gasteiger partial charge < -0.3 is 19.3 Å². The van der Waals surface area contributed by atoms with Crippen LogP contribution in [0.1, 0.15) is 0 Å². The first-order chi connectivity index (χ1) is 11.5. The summed E-state index contributed by atoms with van der Waals surface area (Å²) in [4.78, 5) is 4.41. The monoisotopic (exact) mass is 334 g/mol. The molecule has 0 atom stereocenters. The van der Waals surface area contributed by atoms with Crippen LogP contribution in [0, 0.1) is 0 Å². The van der Waals surface area contributed by atoms with Gasteiger partial charge in [0.25, 0.3) is 0 Å². The summed E-state index contributed by atoms with van der Waals surface area (Å²) < 4.78 is 35.6. The van der Waals surface area contributed by atoms with Gasteiger partial charge in [-0.1, -0.05) is 6.07 Å². The smallest absolute Gasteiger partial charge is 0.395 e. The second kappa shape index (κ2) is 5.55. The van der Waals surface area contributed by atoms with Gasteiger partial charge in [0, 0.05) is 31.7 Å². The molecule has 1 aromatic carbocycles. The second-order valence-electron chi connectivity index (χ2n) is 5.87. The van der Waals surface area contributed by atoms with Crippen LogP contribution in [0.25, 0.3) is 11.3 Å².